The van der Waals surface area contributed by atoms with Crippen molar-refractivity contribution in [1.29, 1.82) is 0 Å². The third-order valence-electron chi connectivity index (χ3n) is 10.7. The normalized spacial score (nSPS) is 13.4. The van der Waals surface area contributed by atoms with E-state index in [4.69, 9.17) is 4.42 Å². The Bertz CT molecular complexity index is 2670. The number of rotatable bonds is 3. The molecule has 8 aromatic carbocycles. The van der Waals surface area contributed by atoms with Crippen molar-refractivity contribution in [2.75, 3.05) is 0 Å². The number of furan rings is 1. The molecule has 0 N–H and O–H groups in total. The second-order valence-electron chi connectivity index (χ2n) is 13.6. The van der Waals surface area contributed by atoms with E-state index in [1.807, 2.05) is 6.07 Å². The van der Waals surface area contributed by atoms with Crippen molar-refractivity contribution in [2.24, 2.45) is 0 Å². The first kappa shape index (κ1) is 27.2. The Morgan fingerprint density at radius 3 is 1.56 bits per heavy atom. The van der Waals surface area contributed by atoms with Gasteiger partial charge in [0, 0.05) is 16.2 Å². The van der Waals surface area contributed by atoms with Crippen LogP contribution in [0.5, 0.6) is 0 Å². The minimum absolute atomic E-state index is 0.132. The first-order valence-corrected chi connectivity index (χ1v) is 16.8. The topological polar surface area (TPSA) is 13.1 Å². The molecule has 0 aliphatic heterocycles. The lowest BCUT2D eigenvalue weighted by molar-refractivity contribution is 0.657. The largest absolute Gasteiger partial charge is 0.456 e. The number of benzene rings is 8. The molecule has 1 heterocycles. The van der Waals surface area contributed by atoms with Crippen molar-refractivity contribution in [2.45, 2.75) is 19.3 Å². The number of para-hydroxylation sites is 1. The molecule has 1 aromatic heterocycles. The van der Waals surface area contributed by atoms with Crippen LogP contribution in [-0.4, -0.2) is 0 Å². The third kappa shape index (κ3) is 3.79. The van der Waals surface area contributed by atoms with Gasteiger partial charge >= 0.3 is 0 Å². The van der Waals surface area contributed by atoms with E-state index in [1.54, 1.807) is 0 Å². The lowest BCUT2D eigenvalue weighted by Gasteiger charge is -2.22. The Kier molecular flexibility index (Phi) is 5.69. The summed E-state index contributed by atoms with van der Waals surface area (Å²) in [5.74, 6) is 0. The summed E-state index contributed by atoms with van der Waals surface area (Å²) in [4.78, 5) is 0. The SMILES string of the molecule is CC1(C)c2ccc(-c3ccc(-c4c5ccccc5c(-c5ccccc5)c5ccccc45)cc3)cc2-c2ccc3oc4ccccc4c3c21. The van der Waals surface area contributed by atoms with E-state index >= 15 is 0 Å². The molecule has 0 amide bonds. The van der Waals surface area contributed by atoms with Gasteiger partial charge in [-0.1, -0.05) is 153 Å². The van der Waals surface area contributed by atoms with Crippen LogP contribution in [-0.2, 0) is 5.41 Å². The molecule has 1 aliphatic rings. The van der Waals surface area contributed by atoms with Gasteiger partial charge in [-0.15, -0.1) is 0 Å². The van der Waals surface area contributed by atoms with Crippen LogP contribution in [0.1, 0.15) is 25.0 Å². The van der Waals surface area contributed by atoms with Gasteiger partial charge in [-0.05, 0) is 95.4 Å². The molecule has 0 atom stereocenters. The highest BCUT2D eigenvalue weighted by Crippen LogP contribution is 2.54. The van der Waals surface area contributed by atoms with Crippen LogP contribution in [0.2, 0.25) is 0 Å². The van der Waals surface area contributed by atoms with Crippen molar-refractivity contribution < 1.29 is 4.42 Å². The molecule has 0 bridgehead atoms. The minimum atomic E-state index is -0.132. The maximum Gasteiger partial charge on any atom is 0.135 e. The molecule has 10 rings (SSSR count). The molecule has 0 radical (unpaired) electrons. The molecule has 1 aliphatic carbocycles. The van der Waals surface area contributed by atoms with Crippen molar-refractivity contribution >= 4 is 43.5 Å². The fourth-order valence-electron chi connectivity index (χ4n) is 8.50. The Morgan fingerprint density at radius 1 is 0.396 bits per heavy atom. The standard InChI is InChI=1S/C47H32O/c1-47(2)40-26-24-32(28-39(40)37-25-27-42-45(46(37)47)38-18-10-11-19-41(38)48-42)29-20-22-31(23-21-29)44-35-16-8-6-14-33(35)43(30-12-4-3-5-13-30)34-15-7-9-17-36(34)44/h3-28H,1-2H3. The molecule has 0 unspecified atom stereocenters. The van der Waals surface area contributed by atoms with Crippen LogP contribution >= 0.6 is 0 Å². The van der Waals surface area contributed by atoms with Gasteiger partial charge in [0.15, 0.2) is 0 Å². The van der Waals surface area contributed by atoms with E-state index in [0.717, 1.165) is 11.2 Å². The van der Waals surface area contributed by atoms with Crippen LogP contribution in [0.15, 0.2) is 162 Å². The zero-order valence-corrected chi connectivity index (χ0v) is 26.9. The summed E-state index contributed by atoms with van der Waals surface area (Å²) in [6.45, 7) is 4.70. The lowest BCUT2D eigenvalue weighted by atomic mass is 9.80. The van der Waals surface area contributed by atoms with Crippen molar-refractivity contribution in [1.82, 2.24) is 0 Å². The highest BCUT2D eigenvalue weighted by molar-refractivity contribution is 6.21. The van der Waals surface area contributed by atoms with Crippen LogP contribution in [0.4, 0.5) is 0 Å². The zero-order chi connectivity index (χ0) is 32.0. The fraction of sp³-hybridized carbons (Fsp3) is 0.0638. The number of hydrogen-bond donors (Lipinski definition) is 0. The predicted molar refractivity (Wildman–Crippen MR) is 203 cm³/mol. The number of hydrogen-bond acceptors (Lipinski definition) is 1. The van der Waals surface area contributed by atoms with Gasteiger partial charge in [-0.2, -0.15) is 0 Å². The van der Waals surface area contributed by atoms with Gasteiger partial charge in [-0.25, -0.2) is 0 Å². The summed E-state index contributed by atoms with van der Waals surface area (Å²) < 4.78 is 6.29. The summed E-state index contributed by atoms with van der Waals surface area (Å²) in [5.41, 5.74) is 14.6. The lowest BCUT2D eigenvalue weighted by Crippen LogP contribution is -2.15. The molecule has 0 saturated carbocycles. The molecule has 0 saturated heterocycles. The van der Waals surface area contributed by atoms with Gasteiger partial charge in [0.2, 0.25) is 0 Å². The maximum atomic E-state index is 6.29. The third-order valence-corrected chi connectivity index (χ3v) is 10.7. The smallest absolute Gasteiger partial charge is 0.135 e. The second kappa shape index (κ2) is 10.0. The van der Waals surface area contributed by atoms with Gasteiger partial charge < -0.3 is 4.42 Å². The van der Waals surface area contributed by atoms with E-state index in [1.165, 1.54) is 88.0 Å². The van der Waals surface area contributed by atoms with Crippen LogP contribution in [0.3, 0.4) is 0 Å². The molecule has 9 aromatic rings. The molecule has 226 valence electrons. The quantitative estimate of drug-likeness (QED) is 0.181. The Balaban J connectivity index is 1.12. The summed E-state index contributed by atoms with van der Waals surface area (Å²) >= 11 is 0. The Hall–Kier alpha value is -5.92. The summed E-state index contributed by atoms with van der Waals surface area (Å²) in [6.07, 6.45) is 0. The maximum absolute atomic E-state index is 6.29. The number of fused-ring (bicyclic) bond motifs is 9. The molecular formula is C47H32O. The molecule has 48 heavy (non-hydrogen) atoms. The average molecular weight is 613 g/mol. The molecule has 0 fully saturated rings. The van der Waals surface area contributed by atoms with Gasteiger partial charge in [0.05, 0.1) is 0 Å². The van der Waals surface area contributed by atoms with Crippen LogP contribution in [0, 0.1) is 0 Å². The summed E-state index contributed by atoms with van der Waals surface area (Å²) in [7, 11) is 0. The van der Waals surface area contributed by atoms with E-state index in [9.17, 15) is 0 Å². The van der Waals surface area contributed by atoms with E-state index in [-0.39, 0.29) is 5.41 Å². The summed E-state index contributed by atoms with van der Waals surface area (Å²) in [6, 6.07) is 57.6. The molecular weight excluding hydrogens is 581 g/mol. The summed E-state index contributed by atoms with van der Waals surface area (Å²) in [5, 5.41) is 7.54. The van der Waals surface area contributed by atoms with Crippen molar-refractivity contribution in [3.8, 4) is 44.5 Å². The van der Waals surface area contributed by atoms with Crippen LogP contribution in [0.25, 0.3) is 88.0 Å². The van der Waals surface area contributed by atoms with E-state index in [2.05, 4.69) is 166 Å². The van der Waals surface area contributed by atoms with Crippen LogP contribution < -0.4 is 0 Å². The average Bonchev–Trinajstić information content (AvgIpc) is 3.62. The van der Waals surface area contributed by atoms with E-state index in [0.29, 0.717) is 0 Å². The monoisotopic (exact) mass is 612 g/mol. The first-order chi connectivity index (χ1) is 23.6. The zero-order valence-electron chi connectivity index (χ0n) is 26.9. The molecule has 0 spiro atoms. The minimum Gasteiger partial charge on any atom is -0.456 e. The van der Waals surface area contributed by atoms with E-state index < -0.39 is 0 Å². The van der Waals surface area contributed by atoms with Crippen molar-refractivity contribution in [3.63, 3.8) is 0 Å². The second-order valence-corrected chi connectivity index (χ2v) is 13.6. The highest BCUT2D eigenvalue weighted by atomic mass is 16.3. The van der Waals surface area contributed by atoms with Gasteiger partial charge in [0.1, 0.15) is 11.2 Å². The van der Waals surface area contributed by atoms with Crippen molar-refractivity contribution in [3.05, 3.63) is 169 Å². The fourth-order valence-corrected chi connectivity index (χ4v) is 8.50. The predicted octanol–water partition coefficient (Wildman–Crippen LogP) is 13.2. The van der Waals surface area contributed by atoms with Gasteiger partial charge in [0.25, 0.3) is 0 Å². The molecule has 1 heteroatoms. The Morgan fingerprint density at radius 2 is 0.917 bits per heavy atom. The first-order valence-electron chi connectivity index (χ1n) is 16.8. The molecule has 1 nitrogen and oxygen atoms in total. The highest BCUT2D eigenvalue weighted by Gasteiger charge is 2.38. The van der Waals surface area contributed by atoms with Gasteiger partial charge in [-0.3, -0.25) is 0 Å². The Labute approximate surface area is 279 Å².